The van der Waals surface area contributed by atoms with Crippen molar-refractivity contribution < 1.29 is 22.8 Å². The number of rotatable bonds is 4. The van der Waals surface area contributed by atoms with Gasteiger partial charge in [-0.3, -0.25) is 0 Å². The van der Waals surface area contributed by atoms with Crippen LogP contribution in [0.2, 0.25) is 0 Å². The molecule has 1 atom stereocenters. The van der Waals surface area contributed by atoms with Crippen molar-refractivity contribution in [2.45, 2.75) is 23.6 Å². The molecule has 0 aliphatic rings. The fourth-order valence-corrected chi connectivity index (χ4v) is 3.01. The Morgan fingerprint density at radius 3 is 2.35 bits per heavy atom. The fraction of sp³-hybridized carbons (Fsp3) is 0.500. The molecule has 0 saturated carbocycles. The summed E-state index contributed by atoms with van der Waals surface area (Å²) in [6.07, 6.45) is 0. The molecule has 1 rings (SSSR count). The highest BCUT2D eigenvalue weighted by Gasteiger charge is 2.49. The van der Waals surface area contributed by atoms with Gasteiger partial charge in [0, 0.05) is 6.54 Å². The van der Waals surface area contributed by atoms with E-state index in [0.29, 0.717) is 0 Å². The fourth-order valence-electron chi connectivity index (χ4n) is 1.35. The smallest absolute Gasteiger partial charge is 0.341 e. The second-order valence-electron chi connectivity index (χ2n) is 3.56. The Balaban J connectivity index is 3.54. The van der Waals surface area contributed by atoms with E-state index in [1.807, 2.05) is 0 Å². The predicted octanol–water partition coefficient (Wildman–Crippen LogP) is -1.24. The summed E-state index contributed by atoms with van der Waals surface area (Å²) in [7, 11) is -4.37. The first-order valence-corrected chi connectivity index (χ1v) is 6.06. The lowest BCUT2D eigenvalue weighted by Crippen LogP contribution is -2.59. The number of sulfone groups is 1. The molecule has 0 saturated heterocycles. The molecule has 0 spiro atoms. The molecular weight excluding hydrogens is 250 g/mol. The Morgan fingerprint density at radius 2 is 2.06 bits per heavy atom. The Labute approximate surface area is 97.5 Å². The van der Waals surface area contributed by atoms with Crippen molar-refractivity contribution >= 4 is 15.8 Å². The third-order valence-electron chi connectivity index (χ3n) is 2.38. The summed E-state index contributed by atoms with van der Waals surface area (Å²) < 4.78 is 29.0. The van der Waals surface area contributed by atoms with E-state index in [4.69, 9.17) is 16.6 Å². The zero-order chi connectivity index (χ0) is 13.4. The average molecular weight is 263 g/mol. The van der Waals surface area contributed by atoms with Crippen molar-refractivity contribution in [1.82, 2.24) is 5.16 Å². The van der Waals surface area contributed by atoms with Crippen LogP contribution in [0.25, 0.3) is 0 Å². The summed E-state index contributed by atoms with van der Waals surface area (Å²) in [5.74, 6) is -1.74. The number of aryl methyl sites for hydroxylation is 2. The van der Waals surface area contributed by atoms with E-state index in [0.717, 1.165) is 0 Å². The standard InChI is InChI=1S/C8H13N3O5S/c1-4-6(5(2)16-11-4)17(14,15)8(10,3-9)7(12)13/h3,9-10H2,1-2H3,(H,12,13)/t8-/m0/s1. The summed E-state index contributed by atoms with van der Waals surface area (Å²) >= 11 is 0. The van der Waals surface area contributed by atoms with Gasteiger partial charge >= 0.3 is 5.97 Å². The van der Waals surface area contributed by atoms with Gasteiger partial charge in [-0.05, 0) is 13.8 Å². The molecule has 1 aromatic rings. The zero-order valence-corrected chi connectivity index (χ0v) is 10.1. The molecule has 17 heavy (non-hydrogen) atoms. The quantitative estimate of drug-likeness (QED) is 0.610. The first kappa shape index (κ1) is 13.6. The molecular formula is C8H13N3O5S. The van der Waals surface area contributed by atoms with Crippen LogP contribution in [-0.4, -0.2) is 36.1 Å². The predicted molar refractivity (Wildman–Crippen MR) is 56.8 cm³/mol. The third kappa shape index (κ3) is 1.81. The van der Waals surface area contributed by atoms with Crippen molar-refractivity contribution in [1.29, 1.82) is 0 Å². The van der Waals surface area contributed by atoms with Crippen LogP contribution >= 0.6 is 0 Å². The van der Waals surface area contributed by atoms with Crippen molar-refractivity contribution in [3.05, 3.63) is 11.5 Å². The van der Waals surface area contributed by atoms with E-state index >= 15 is 0 Å². The van der Waals surface area contributed by atoms with Gasteiger partial charge < -0.3 is 21.1 Å². The topological polar surface area (TPSA) is 150 Å². The number of aromatic nitrogens is 1. The molecule has 9 heteroatoms. The number of carboxylic acids is 1. The van der Waals surface area contributed by atoms with E-state index in [2.05, 4.69) is 9.68 Å². The average Bonchev–Trinajstić information content (AvgIpc) is 2.56. The van der Waals surface area contributed by atoms with Crippen molar-refractivity contribution in [3.8, 4) is 0 Å². The SMILES string of the molecule is Cc1noc(C)c1S(=O)(=O)[C@@](N)(CN)C(=O)O. The third-order valence-corrected chi connectivity index (χ3v) is 4.80. The largest absolute Gasteiger partial charge is 0.479 e. The minimum absolute atomic E-state index is 0.0213. The van der Waals surface area contributed by atoms with Gasteiger partial charge in [-0.25, -0.2) is 13.2 Å². The summed E-state index contributed by atoms with van der Waals surface area (Å²) in [4.78, 5) is 8.07. The Kier molecular flexibility index (Phi) is 3.28. The highest BCUT2D eigenvalue weighted by Crippen LogP contribution is 2.27. The highest BCUT2D eigenvalue weighted by atomic mass is 32.2. The highest BCUT2D eigenvalue weighted by molar-refractivity contribution is 7.93. The molecule has 0 amide bonds. The van der Waals surface area contributed by atoms with Gasteiger partial charge in [-0.15, -0.1) is 0 Å². The van der Waals surface area contributed by atoms with Crippen LogP contribution in [0.4, 0.5) is 0 Å². The Bertz CT molecular complexity index is 530. The summed E-state index contributed by atoms with van der Waals surface area (Å²) in [6.45, 7) is 1.97. The molecule has 0 radical (unpaired) electrons. The van der Waals surface area contributed by atoms with Crippen LogP contribution in [-0.2, 0) is 14.6 Å². The van der Waals surface area contributed by atoms with Gasteiger partial charge in [-0.1, -0.05) is 5.16 Å². The summed E-state index contributed by atoms with van der Waals surface area (Å²) in [5.41, 5.74) is 10.6. The van der Waals surface area contributed by atoms with Gasteiger partial charge in [0.15, 0.2) is 5.76 Å². The minimum atomic E-state index is -4.37. The zero-order valence-electron chi connectivity index (χ0n) is 9.30. The molecule has 96 valence electrons. The van der Waals surface area contributed by atoms with Gasteiger partial charge in [0.25, 0.3) is 0 Å². The second-order valence-corrected chi connectivity index (χ2v) is 5.70. The summed E-state index contributed by atoms with van der Waals surface area (Å²) in [5, 5.41) is 12.4. The lowest BCUT2D eigenvalue weighted by molar-refractivity contribution is -0.139. The lowest BCUT2D eigenvalue weighted by atomic mass is 10.3. The molecule has 0 unspecified atom stereocenters. The molecule has 1 aromatic heterocycles. The van der Waals surface area contributed by atoms with Crippen LogP contribution in [0.15, 0.2) is 9.42 Å². The van der Waals surface area contributed by atoms with Crippen LogP contribution in [0.1, 0.15) is 11.5 Å². The van der Waals surface area contributed by atoms with Gasteiger partial charge in [0.2, 0.25) is 14.7 Å². The maximum absolute atomic E-state index is 12.1. The molecule has 0 fully saturated rings. The van der Waals surface area contributed by atoms with E-state index < -0.39 is 27.2 Å². The van der Waals surface area contributed by atoms with E-state index in [9.17, 15) is 13.2 Å². The first-order valence-electron chi connectivity index (χ1n) is 4.58. The number of nitrogens with two attached hydrogens (primary N) is 2. The molecule has 1 heterocycles. The normalized spacial score (nSPS) is 15.5. The molecule has 0 aliphatic carbocycles. The van der Waals surface area contributed by atoms with Gasteiger partial charge in [-0.2, -0.15) is 0 Å². The second kappa shape index (κ2) is 4.09. The number of aliphatic carboxylic acids is 1. The van der Waals surface area contributed by atoms with E-state index in [1.165, 1.54) is 13.8 Å². The molecule has 0 aromatic carbocycles. The van der Waals surface area contributed by atoms with Crippen LogP contribution < -0.4 is 11.5 Å². The number of carbonyl (C=O) groups is 1. The first-order chi connectivity index (χ1) is 7.68. The van der Waals surface area contributed by atoms with Crippen LogP contribution in [0.3, 0.4) is 0 Å². The number of nitrogens with zero attached hydrogens (tertiary/aromatic N) is 1. The van der Waals surface area contributed by atoms with Crippen molar-refractivity contribution in [3.63, 3.8) is 0 Å². The van der Waals surface area contributed by atoms with Gasteiger partial charge in [0.1, 0.15) is 4.90 Å². The maximum Gasteiger partial charge on any atom is 0.341 e. The van der Waals surface area contributed by atoms with Crippen LogP contribution in [0.5, 0.6) is 0 Å². The minimum Gasteiger partial charge on any atom is -0.479 e. The molecule has 0 aliphatic heterocycles. The maximum atomic E-state index is 12.1. The Hall–Kier alpha value is -1.45. The number of carboxylic acid groups (broad SMARTS) is 1. The van der Waals surface area contributed by atoms with Crippen molar-refractivity contribution in [2.24, 2.45) is 11.5 Å². The molecule has 0 bridgehead atoms. The lowest BCUT2D eigenvalue weighted by Gasteiger charge is -2.22. The molecule has 5 N–H and O–H groups in total. The Morgan fingerprint density at radius 1 is 1.53 bits per heavy atom. The molecule has 8 nitrogen and oxygen atoms in total. The van der Waals surface area contributed by atoms with E-state index in [1.54, 1.807) is 0 Å². The summed E-state index contributed by atoms with van der Waals surface area (Å²) in [6, 6.07) is 0. The van der Waals surface area contributed by atoms with Crippen LogP contribution in [0, 0.1) is 13.8 Å². The van der Waals surface area contributed by atoms with Gasteiger partial charge in [0.05, 0.1) is 5.69 Å². The number of hydrogen-bond acceptors (Lipinski definition) is 7. The van der Waals surface area contributed by atoms with Crippen molar-refractivity contribution in [2.75, 3.05) is 6.54 Å². The monoisotopic (exact) mass is 263 g/mol. The van der Waals surface area contributed by atoms with E-state index in [-0.39, 0.29) is 16.3 Å². The number of hydrogen-bond donors (Lipinski definition) is 3.